The van der Waals surface area contributed by atoms with Gasteiger partial charge in [0.1, 0.15) is 0 Å². The third-order valence-corrected chi connectivity index (χ3v) is 4.65. The van der Waals surface area contributed by atoms with Crippen LogP contribution in [0, 0.1) is 12.8 Å². The molecular weight excluding hydrogens is 294 g/mol. The smallest absolute Gasteiger partial charge is 0.229 e. The number of rotatable bonds is 3. The Morgan fingerprint density at radius 2 is 2.17 bits per heavy atom. The van der Waals surface area contributed by atoms with Gasteiger partial charge in [0.25, 0.3) is 0 Å². The van der Waals surface area contributed by atoms with Crippen molar-refractivity contribution in [2.45, 2.75) is 32.2 Å². The van der Waals surface area contributed by atoms with Crippen molar-refractivity contribution in [1.82, 2.24) is 19.7 Å². The molecule has 0 bridgehead atoms. The standard InChI is InChI=1S/C16H19N5O2/c1-9-13-6-11(7-17-15(13)20(2)19-9)18-16(23)10-5-14(22)21(8-10)12-3-4-12/h6-7,10,12H,3-5,8H2,1-2H3,(H,18,23). The number of aromatic nitrogens is 3. The SMILES string of the molecule is Cc1nn(C)c2ncc(NC(=O)C3CC(=O)N(C4CC4)C3)cc12. The van der Waals surface area contributed by atoms with Crippen molar-refractivity contribution in [3.63, 3.8) is 0 Å². The molecule has 1 saturated carbocycles. The van der Waals surface area contributed by atoms with E-state index in [1.807, 2.05) is 24.9 Å². The fraction of sp³-hybridized carbons (Fsp3) is 0.500. The first-order valence-corrected chi connectivity index (χ1v) is 7.92. The minimum absolute atomic E-state index is 0.101. The third kappa shape index (κ3) is 2.46. The zero-order valence-corrected chi connectivity index (χ0v) is 13.2. The number of amides is 2. The summed E-state index contributed by atoms with van der Waals surface area (Å²) >= 11 is 0. The van der Waals surface area contributed by atoms with Crippen LogP contribution in [0.3, 0.4) is 0 Å². The molecule has 0 aromatic carbocycles. The summed E-state index contributed by atoms with van der Waals surface area (Å²) in [6.45, 7) is 2.45. The van der Waals surface area contributed by atoms with E-state index in [1.54, 1.807) is 10.9 Å². The fourth-order valence-corrected chi connectivity index (χ4v) is 3.27. The highest BCUT2D eigenvalue weighted by atomic mass is 16.2. The molecule has 1 aliphatic carbocycles. The van der Waals surface area contributed by atoms with E-state index < -0.39 is 0 Å². The van der Waals surface area contributed by atoms with E-state index in [0.29, 0.717) is 24.7 Å². The monoisotopic (exact) mass is 313 g/mol. The summed E-state index contributed by atoms with van der Waals surface area (Å²) in [5.41, 5.74) is 2.31. The molecule has 2 amide bonds. The van der Waals surface area contributed by atoms with Crippen molar-refractivity contribution in [3.05, 3.63) is 18.0 Å². The zero-order chi connectivity index (χ0) is 16.1. The van der Waals surface area contributed by atoms with Gasteiger partial charge >= 0.3 is 0 Å². The van der Waals surface area contributed by atoms with Crippen LogP contribution in [0.25, 0.3) is 11.0 Å². The first-order valence-electron chi connectivity index (χ1n) is 7.92. The molecule has 7 nitrogen and oxygen atoms in total. The Balaban J connectivity index is 1.50. The Morgan fingerprint density at radius 3 is 2.91 bits per heavy atom. The summed E-state index contributed by atoms with van der Waals surface area (Å²) < 4.78 is 1.72. The van der Waals surface area contributed by atoms with Gasteiger partial charge < -0.3 is 10.2 Å². The second-order valence-corrected chi connectivity index (χ2v) is 6.47. The second-order valence-electron chi connectivity index (χ2n) is 6.47. The van der Waals surface area contributed by atoms with Gasteiger partial charge in [0.15, 0.2) is 5.65 Å². The van der Waals surface area contributed by atoms with Gasteiger partial charge in [-0.2, -0.15) is 5.10 Å². The van der Waals surface area contributed by atoms with E-state index in [1.165, 1.54) is 0 Å². The number of hydrogen-bond acceptors (Lipinski definition) is 4. The quantitative estimate of drug-likeness (QED) is 0.924. The highest BCUT2D eigenvalue weighted by molar-refractivity contribution is 5.98. The lowest BCUT2D eigenvalue weighted by Gasteiger charge is -2.15. The topological polar surface area (TPSA) is 80.1 Å². The third-order valence-electron chi connectivity index (χ3n) is 4.65. The molecule has 1 N–H and O–H groups in total. The maximum absolute atomic E-state index is 12.4. The van der Waals surface area contributed by atoms with E-state index in [-0.39, 0.29) is 17.7 Å². The average molecular weight is 313 g/mol. The van der Waals surface area contributed by atoms with Gasteiger partial charge in [-0.05, 0) is 25.8 Å². The number of hydrogen-bond donors (Lipinski definition) is 1. The summed E-state index contributed by atoms with van der Waals surface area (Å²) in [4.78, 5) is 30.6. The van der Waals surface area contributed by atoms with Crippen molar-refractivity contribution in [2.24, 2.45) is 13.0 Å². The molecule has 2 fully saturated rings. The molecule has 0 radical (unpaired) electrons. The number of aryl methyl sites for hydroxylation is 2. The molecule has 3 heterocycles. The van der Waals surface area contributed by atoms with E-state index in [0.717, 1.165) is 29.6 Å². The van der Waals surface area contributed by atoms with Crippen LogP contribution in [0.1, 0.15) is 25.0 Å². The number of fused-ring (bicyclic) bond motifs is 1. The number of anilines is 1. The lowest BCUT2D eigenvalue weighted by molar-refractivity contribution is -0.128. The van der Waals surface area contributed by atoms with E-state index in [2.05, 4.69) is 15.4 Å². The lowest BCUT2D eigenvalue weighted by Crippen LogP contribution is -2.29. The van der Waals surface area contributed by atoms with Gasteiger partial charge in [0, 0.05) is 31.4 Å². The van der Waals surface area contributed by atoms with Gasteiger partial charge in [-0.15, -0.1) is 0 Å². The van der Waals surface area contributed by atoms with Crippen molar-refractivity contribution in [2.75, 3.05) is 11.9 Å². The molecule has 7 heteroatoms. The molecule has 1 saturated heterocycles. The Labute approximate surface area is 133 Å². The lowest BCUT2D eigenvalue weighted by atomic mass is 10.1. The number of carbonyl (C=O) groups is 2. The number of likely N-dealkylation sites (tertiary alicyclic amines) is 1. The summed E-state index contributed by atoms with van der Waals surface area (Å²) in [6, 6.07) is 2.26. The van der Waals surface area contributed by atoms with Crippen molar-refractivity contribution in [1.29, 1.82) is 0 Å². The molecule has 2 aromatic heterocycles. The van der Waals surface area contributed by atoms with Crippen LogP contribution in [0.4, 0.5) is 5.69 Å². The maximum atomic E-state index is 12.4. The van der Waals surface area contributed by atoms with Gasteiger partial charge in [0.2, 0.25) is 11.8 Å². The van der Waals surface area contributed by atoms with Crippen molar-refractivity contribution < 1.29 is 9.59 Å². The zero-order valence-electron chi connectivity index (χ0n) is 13.2. The van der Waals surface area contributed by atoms with Crippen LogP contribution in [-0.2, 0) is 16.6 Å². The first kappa shape index (κ1) is 14.2. The normalized spacial score (nSPS) is 21.2. The van der Waals surface area contributed by atoms with Gasteiger partial charge in [-0.3, -0.25) is 14.3 Å². The predicted octanol–water partition coefficient (Wildman–Crippen LogP) is 1.23. The van der Waals surface area contributed by atoms with Crippen LogP contribution in [0.15, 0.2) is 12.3 Å². The number of pyridine rings is 1. The summed E-state index contributed by atoms with van der Waals surface area (Å²) in [7, 11) is 1.84. The second kappa shape index (κ2) is 5.04. The minimum atomic E-state index is -0.270. The Bertz CT molecular complexity index is 808. The van der Waals surface area contributed by atoms with E-state index >= 15 is 0 Å². The summed E-state index contributed by atoms with van der Waals surface area (Å²) in [5.74, 6) is -0.276. The average Bonchev–Trinajstić information content (AvgIpc) is 3.22. The highest BCUT2D eigenvalue weighted by Gasteiger charge is 2.41. The summed E-state index contributed by atoms with van der Waals surface area (Å²) in [6.07, 6.45) is 4.09. The van der Waals surface area contributed by atoms with Gasteiger partial charge in [0.05, 0.1) is 23.5 Å². The van der Waals surface area contributed by atoms with Crippen LogP contribution in [-0.4, -0.2) is 44.1 Å². The molecule has 1 aliphatic heterocycles. The first-order chi connectivity index (χ1) is 11.0. The van der Waals surface area contributed by atoms with Crippen LogP contribution in [0.5, 0.6) is 0 Å². The van der Waals surface area contributed by atoms with Gasteiger partial charge in [-0.25, -0.2) is 4.98 Å². The number of nitrogens with zero attached hydrogens (tertiary/aromatic N) is 4. The molecular formula is C16H19N5O2. The highest BCUT2D eigenvalue weighted by Crippen LogP contribution is 2.33. The number of carbonyl (C=O) groups excluding carboxylic acids is 2. The van der Waals surface area contributed by atoms with E-state index in [9.17, 15) is 9.59 Å². The molecule has 0 spiro atoms. The van der Waals surface area contributed by atoms with Crippen LogP contribution in [0.2, 0.25) is 0 Å². The van der Waals surface area contributed by atoms with Gasteiger partial charge in [-0.1, -0.05) is 0 Å². The Hall–Kier alpha value is -2.44. The van der Waals surface area contributed by atoms with Crippen molar-refractivity contribution >= 4 is 28.5 Å². The van der Waals surface area contributed by atoms with Crippen LogP contribution >= 0.6 is 0 Å². The summed E-state index contributed by atoms with van der Waals surface area (Å²) in [5, 5.41) is 8.14. The molecule has 23 heavy (non-hydrogen) atoms. The molecule has 4 rings (SSSR count). The minimum Gasteiger partial charge on any atom is -0.339 e. The Morgan fingerprint density at radius 1 is 1.39 bits per heavy atom. The van der Waals surface area contributed by atoms with Crippen molar-refractivity contribution in [3.8, 4) is 0 Å². The molecule has 120 valence electrons. The molecule has 1 atom stereocenters. The molecule has 2 aliphatic rings. The largest absolute Gasteiger partial charge is 0.339 e. The van der Waals surface area contributed by atoms with Crippen LogP contribution < -0.4 is 5.32 Å². The Kier molecular flexibility index (Phi) is 3.11. The molecule has 2 aromatic rings. The fourth-order valence-electron chi connectivity index (χ4n) is 3.27. The van der Waals surface area contributed by atoms with E-state index in [4.69, 9.17) is 0 Å². The number of nitrogens with one attached hydrogen (secondary N) is 1. The maximum Gasteiger partial charge on any atom is 0.229 e. The molecule has 1 unspecified atom stereocenters. The predicted molar refractivity (Wildman–Crippen MR) is 84.7 cm³/mol.